The van der Waals surface area contributed by atoms with Crippen molar-refractivity contribution in [3.63, 3.8) is 0 Å². The van der Waals surface area contributed by atoms with E-state index >= 15 is 0 Å². The van der Waals surface area contributed by atoms with Crippen LogP contribution in [0.15, 0.2) is 47.1 Å². The van der Waals surface area contributed by atoms with Crippen molar-refractivity contribution in [2.45, 2.75) is 20.1 Å². The normalized spacial score (nSPS) is 14.2. The molecule has 0 atom stereocenters. The Morgan fingerprint density at radius 1 is 1.28 bits per heavy atom. The van der Waals surface area contributed by atoms with Crippen molar-refractivity contribution in [2.75, 3.05) is 20.2 Å². The first-order valence-corrected chi connectivity index (χ1v) is 9.45. The van der Waals surface area contributed by atoms with Gasteiger partial charge in [-0.3, -0.25) is 4.90 Å². The molecule has 0 bridgehead atoms. The van der Waals surface area contributed by atoms with Gasteiger partial charge in [0, 0.05) is 43.0 Å². The lowest BCUT2D eigenvalue weighted by molar-refractivity contribution is 0.124. The minimum Gasteiger partial charge on any atom is -0.487 e. The summed E-state index contributed by atoms with van der Waals surface area (Å²) < 4.78 is 16.6. The van der Waals surface area contributed by atoms with Crippen molar-refractivity contribution in [3.8, 4) is 28.8 Å². The Balaban J connectivity index is 1.60. The molecule has 3 aromatic rings. The summed E-state index contributed by atoms with van der Waals surface area (Å²) >= 11 is 0. The van der Waals surface area contributed by atoms with Crippen LogP contribution in [0.1, 0.15) is 17.0 Å². The van der Waals surface area contributed by atoms with Crippen LogP contribution < -0.4 is 9.47 Å². The van der Waals surface area contributed by atoms with Crippen LogP contribution in [0.25, 0.3) is 11.1 Å². The van der Waals surface area contributed by atoms with Crippen molar-refractivity contribution in [1.29, 1.82) is 5.26 Å². The number of nitrogens with zero attached hydrogens (tertiary/aromatic N) is 4. The fourth-order valence-electron chi connectivity index (χ4n) is 3.44. The summed E-state index contributed by atoms with van der Waals surface area (Å²) in [5.41, 5.74) is 3.73. The third kappa shape index (κ3) is 4.23. The predicted octanol–water partition coefficient (Wildman–Crippen LogP) is 3.59. The zero-order valence-electron chi connectivity index (χ0n) is 16.5. The zero-order valence-corrected chi connectivity index (χ0v) is 16.5. The molecular formula is C22H22N4O3. The van der Waals surface area contributed by atoms with Gasteiger partial charge >= 0.3 is 0 Å². The molecule has 2 aromatic heterocycles. The first-order valence-electron chi connectivity index (χ1n) is 9.45. The molecule has 0 amide bonds. The van der Waals surface area contributed by atoms with Crippen LogP contribution in [-0.2, 0) is 13.2 Å². The average Bonchev–Trinajstić information content (AvgIpc) is 3.14. The second-order valence-electron chi connectivity index (χ2n) is 7.12. The van der Waals surface area contributed by atoms with Gasteiger partial charge in [0.25, 0.3) is 0 Å². The summed E-state index contributed by atoms with van der Waals surface area (Å²) in [6.45, 7) is 4.45. The number of nitriles is 1. The number of aryl methyl sites for hydroxylation is 1. The fourth-order valence-corrected chi connectivity index (χ4v) is 3.44. The van der Waals surface area contributed by atoms with E-state index in [0.29, 0.717) is 19.0 Å². The molecule has 0 spiro atoms. The molecule has 1 aliphatic rings. The lowest BCUT2D eigenvalue weighted by Gasteiger charge is -2.35. The van der Waals surface area contributed by atoms with Gasteiger partial charge in [-0.1, -0.05) is 11.2 Å². The van der Waals surface area contributed by atoms with E-state index in [-0.39, 0.29) is 5.92 Å². The highest BCUT2D eigenvalue weighted by Gasteiger charge is 2.27. The van der Waals surface area contributed by atoms with Gasteiger partial charge in [0.05, 0.1) is 19.1 Å². The van der Waals surface area contributed by atoms with Crippen molar-refractivity contribution in [1.82, 2.24) is 15.0 Å². The second-order valence-corrected chi connectivity index (χ2v) is 7.12. The van der Waals surface area contributed by atoms with Crippen LogP contribution in [-0.4, -0.2) is 35.2 Å². The molecule has 3 heterocycles. The van der Waals surface area contributed by atoms with Crippen LogP contribution >= 0.6 is 0 Å². The first kappa shape index (κ1) is 19.0. The molecule has 1 aromatic carbocycles. The molecule has 0 aliphatic carbocycles. The number of pyridine rings is 1. The molecular weight excluding hydrogens is 368 g/mol. The van der Waals surface area contributed by atoms with Gasteiger partial charge in [0.15, 0.2) is 0 Å². The molecule has 29 heavy (non-hydrogen) atoms. The molecule has 1 aliphatic heterocycles. The third-order valence-corrected chi connectivity index (χ3v) is 4.92. The van der Waals surface area contributed by atoms with Crippen molar-refractivity contribution >= 4 is 0 Å². The van der Waals surface area contributed by atoms with Crippen LogP contribution in [0.2, 0.25) is 0 Å². The highest BCUT2D eigenvalue weighted by atomic mass is 16.5. The standard InChI is InChI=1S/C22H22N4O3/c1-15-8-19(25-29-15)14-28-21-6-5-17(20-4-3-7-24-22(20)27-2)9-18(21)13-26-11-16(10-23)12-26/h3-9,16H,11-14H2,1-2H3. The largest absolute Gasteiger partial charge is 0.487 e. The van der Waals surface area contributed by atoms with E-state index in [1.165, 1.54) is 0 Å². The van der Waals surface area contributed by atoms with E-state index in [4.69, 9.17) is 19.3 Å². The molecule has 4 rings (SSSR count). The molecule has 0 unspecified atom stereocenters. The Hall–Kier alpha value is -3.37. The van der Waals surface area contributed by atoms with Crippen LogP contribution in [0.3, 0.4) is 0 Å². The monoisotopic (exact) mass is 390 g/mol. The second kappa shape index (κ2) is 8.33. The van der Waals surface area contributed by atoms with E-state index < -0.39 is 0 Å². The summed E-state index contributed by atoms with van der Waals surface area (Å²) in [6.07, 6.45) is 1.71. The highest BCUT2D eigenvalue weighted by Crippen LogP contribution is 2.33. The molecule has 7 nitrogen and oxygen atoms in total. The van der Waals surface area contributed by atoms with E-state index in [9.17, 15) is 0 Å². The van der Waals surface area contributed by atoms with Gasteiger partial charge in [-0.15, -0.1) is 0 Å². The van der Waals surface area contributed by atoms with Crippen molar-refractivity contribution in [2.24, 2.45) is 5.92 Å². The predicted molar refractivity (Wildman–Crippen MR) is 106 cm³/mol. The number of hydrogen-bond acceptors (Lipinski definition) is 7. The summed E-state index contributed by atoms with van der Waals surface area (Å²) in [5, 5.41) is 13.0. The summed E-state index contributed by atoms with van der Waals surface area (Å²) in [5.74, 6) is 2.24. The Morgan fingerprint density at radius 2 is 2.14 bits per heavy atom. The smallest absolute Gasteiger partial charge is 0.221 e. The number of hydrogen-bond donors (Lipinski definition) is 0. The summed E-state index contributed by atoms with van der Waals surface area (Å²) in [7, 11) is 1.62. The van der Waals surface area contributed by atoms with Crippen molar-refractivity contribution < 1.29 is 14.0 Å². The van der Waals surface area contributed by atoms with Gasteiger partial charge in [-0.25, -0.2) is 4.98 Å². The first-order chi connectivity index (χ1) is 14.2. The third-order valence-electron chi connectivity index (χ3n) is 4.92. The molecule has 0 N–H and O–H groups in total. The molecule has 1 saturated heterocycles. The lowest BCUT2D eigenvalue weighted by atomic mass is 9.99. The zero-order chi connectivity index (χ0) is 20.2. The SMILES string of the molecule is COc1ncccc1-c1ccc(OCc2cc(C)on2)c(CN2CC(C#N)C2)c1. The lowest BCUT2D eigenvalue weighted by Crippen LogP contribution is -2.45. The number of benzene rings is 1. The number of likely N-dealkylation sites (tertiary alicyclic amines) is 1. The Labute approximate surface area is 169 Å². The molecule has 0 saturated carbocycles. The summed E-state index contributed by atoms with van der Waals surface area (Å²) in [6, 6.07) is 14.1. The minimum absolute atomic E-state index is 0.110. The average molecular weight is 390 g/mol. The molecule has 1 fully saturated rings. The Bertz CT molecular complexity index is 1030. The van der Waals surface area contributed by atoms with Gasteiger partial charge in [0.1, 0.15) is 23.8 Å². The number of rotatable bonds is 7. The van der Waals surface area contributed by atoms with E-state index in [1.807, 2.05) is 37.3 Å². The van der Waals surface area contributed by atoms with Crippen LogP contribution in [0.4, 0.5) is 0 Å². The van der Waals surface area contributed by atoms with Gasteiger partial charge in [-0.2, -0.15) is 5.26 Å². The molecule has 0 radical (unpaired) electrons. The summed E-state index contributed by atoms with van der Waals surface area (Å²) in [4.78, 5) is 6.53. The van der Waals surface area contributed by atoms with E-state index in [2.05, 4.69) is 27.2 Å². The molecule has 148 valence electrons. The van der Waals surface area contributed by atoms with Crippen LogP contribution in [0, 0.1) is 24.2 Å². The maximum absolute atomic E-state index is 9.05. The number of methoxy groups -OCH3 is 1. The maximum atomic E-state index is 9.05. The maximum Gasteiger partial charge on any atom is 0.221 e. The van der Waals surface area contributed by atoms with E-state index in [1.54, 1.807) is 13.3 Å². The quantitative estimate of drug-likeness (QED) is 0.609. The van der Waals surface area contributed by atoms with Gasteiger partial charge in [-0.05, 0) is 36.8 Å². The fraction of sp³-hybridized carbons (Fsp3) is 0.318. The Kier molecular flexibility index (Phi) is 5.45. The topological polar surface area (TPSA) is 84.4 Å². The van der Waals surface area contributed by atoms with Gasteiger partial charge < -0.3 is 14.0 Å². The Morgan fingerprint density at radius 3 is 2.86 bits per heavy atom. The van der Waals surface area contributed by atoms with E-state index in [0.717, 1.165) is 47.0 Å². The molecule has 7 heteroatoms. The minimum atomic E-state index is 0.110. The van der Waals surface area contributed by atoms with Gasteiger partial charge in [0.2, 0.25) is 5.88 Å². The number of ether oxygens (including phenoxy) is 2. The highest BCUT2D eigenvalue weighted by molar-refractivity contribution is 5.70. The van der Waals surface area contributed by atoms with Crippen LogP contribution in [0.5, 0.6) is 11.6 Å². The van der Waals surface area contributed by atoms with Crippen molar-refractivity contribution in [3.05, 3.63) is 59.6 Å². The number of aromatic nitrogens is 2.